The van der Waals surface area contributed by atoms with Crippen molar-refractivity contribution in [2.75, 3.05) is 6.61 Å². The molecule has 166 valence electrons. The number of aromatic nitrogens is 1. The summed E-state index contributed by atoms with van der Waals surface area (Å²) in [7, 11) is 0. The molecular weight excluding hydrogens is 489 g/mol. The smallest absolute Gasteiger partial charge is 0.277 e. The predicted molar refractivity (Wildman–Crippen MR) is 128 cm³/mol. The van der Waals surface area contributed by atoms with Crippen molar-refractivity contribution >= 4 is 39.0 Å². The minimum absolute atomic E-state index is 0.188. The lowest BCUT2D eigenvalue weighted by atomic mass is 10.2. The molecule has 0 fully saturated rings. The summed E-state index contributed by atoms with van der Waals surface area (Å²) in [5.74, 6) is 0.496. The topological polar surface area (TPSA) is 72.8 Å². The molecule has 1 N–H and O–H groups in total. The maximum Gasteiger partial charge on any atom is 0.277 e. The monoisotopic (exact) mass is 507 g/mol. The number of halogens is 2. The van der Waals surface area contributed by atoms with Gasteiger partial charge in [-0.3, -0.25) is 9.78 Å². The Morgan fingerprint density at radius 1 is 1.03 bits per heavy atom. The van der Waals surface area contributed by atoms with Gasteiger partial charge in [-0.05, 0) is 69.5 Å². The molecule has 0 unspecified atom stereocenters. The Labute approximate surface area is 198 Å². The minimum atomic E-state index is -0.391. The summed E-state index contributed by atoms with van der Waals surface area (Å²) in [6, 6.07) is 20.9. The summed E-state index contributed by atoms with van der Waals surface area (Å²) in [6.07, 6.45) is 3.20. The molecule has 0 spiro atoms. The van der Waals surface area contributed by atoms with Crippen LogP contribution >= 0.6 is 15.9 Å². The number of amides is 1. The van der Waals surface area contributed by atoms with Crippen molar-refractivity contribution in [3.8, 4) is 11.5 Å². The number of nitrogens with zero attached hydrogens (tertiary/aromatic N) is 2. The Balaban J connectivity index is 1.28. The minimum Gasteiger partial charge on any atom is -0.488 e. The van der Waals surface area contributed by atoms with Gasteiger partial charge in [-0.1, -0.05) is 30.3 Å². The Morgan fingerprint density at radius 2 is 1.85 bits per heavy atom. The molecule has 0 atom stereocenters. The molecule has 1 aromatic heterocycles. The maximum absolute atomic E-state index is 13.0. The zero-order valence-corrected chi connectivity index (χ0v) is 19.0. The van der Waals surface area contributed by atoms with E-state index in [1.54, 1.807) is 36.5 Å². The van der Waals surface area contributed by atoms with Crippen molar-refractivity contribution in [3.05, 3.63) is 100 Å². The van der Waals surface area contributed by atoms with Crippen LogP contribution in [-0.4, -0.2) is 23.7 Å². The second kappa shape index (κ2) is 10.7. The van der Waals surface area contributed by atoms with E-state index in [0.717, 1.165) is 21.0 Å². The van der Waals surface area contributed by atoms with Gasteiger partial charge in [-0.25, -0.2) is 9.82 Å². The molecule has 0 saturated carbocycles. The fourth-order valence-electron chi connectivity index (χ4n) is 3.00. The van der Waals surface area contributed by atoms with Gasteiger partial charge in [-0.2, -0.15) is 5.10 Å². The predicted octanol–water partition coefficient (Wildman–Crippen LogP) is 5.24. The highest BCUT2D eigenvalue weighted by Crippen LogP contribution is 2.26. The average molecular weight is 508 g/mol. The van der Waals surface area contributed by atoms with Gasteiger partial charge in [0, 0.05) is 11.6 Å². The van der Waals surface area contributed by atoms with Crippen molar-refractivity contribution in [3.63, 3.8) is 0 Å². The number of rotatable bonds is 8. The molecule has 0 radical (unpaired) electrons. The third kappa shape index (κ3) is 6.14. The number of para-hydroxylation sites is 1. The van der Waals surface area contributed by atoms with E-state index in [9.17, 15) is 9.18 Å². The fraction of sp³-hybridized carbons (Fsp3) is 0.0800. The van der Waals surface area contributed by atoms with E-state index < -0.39 is 5.91 Å². The lowest BCUT2D eigenvalue weighted by molar-refractivity contribution is -0.123. The van der Waals surface area contributed by atoms with E-state index >= 15 is 0 Å². The first-order chi connectivity index (χ1) is 16.1. The van der Waals surface area contributed by atoms with Crippen LogP contribution in [0.1, 0.15) is 11.1 Å². The molecule has 1 heterocycles. The number of nitrogens with one attached hydrogen (secondary N) is 1. The van der Waals surface area contributed by atoms with Crippen LogP contribution in [0.4, 0.5) is 4.39 Å². The van der Waals surface area contributed by atoms with E-state index in [1.165, 1.54) is 18.3 Å². The third-order valence-electron chi connectivity index (χ3n) is 4.62. The van der Waals surface area contributed by atoms with Crippen molar-refractivity contribution in [2.24, 2.45) is 5.10 Å². The number of hydrogen-bond acceptors (Lipinski definition) is 5. The van der Waals surface area contributed by atoms with E-state index in [4.69, 9.17) is 9.47 Å². The fourth-order valence-corrected chi connectivity index (χ4v) is 3.51. The van der Waals surface area contributed by atoms with Crippen LogP contribution in [0, 0.1) is 5.82 Å². The van der Waals surface area contributed by atoms with E-state index in [1.807, 2.05) is 30.3 Å². The van der Waals surface area contributed by atoms with Gasteiger partial charge in [0.15, 0.2) is 6.61 Å². The Hall–Kier alpha value is -3.78. The highest BCUT2D eigenvalue weighted by molar-refractivity contribution is 9.10. The van der Waals surface area contributed by atoms with E-state index in [2.05, 4.69) is 31.4 Å². The van der Waals surface area contributed by atoms with Gasteiger partial charge in [-0.15, -0.1) is 0 Å². The van der Waals surface area contributed by atoms with Crippen molar-refractivity contribution in [1.29, 1.82) is 0 Å². The van der Waals surface area contributed by atoms with Crippen LogP contribution in [0.3, 0.4) is 0 Å². The largest absolute Gasteiger partial charge is 0.488 e. The molecule has 4 aromatic rings. The van der Waals surface area contributed by atoms with Crippen molar-refractivity contribution < 1.29 is 18.7 Å². The summed E-state index contributed by atoms with van der Waals surface area (Å²) < 4.78 is 25.1. The van der Waals surface area contributed by atoms with Gasteiger partial charge in [0.25, 0.3) is 5.91 Å². The molecule has 1 amide bonds. The Kier molecular flexibility index (Phi) is 7.26. The van der Waals surface area contributed by atoms with Gasteiger partial charge < -0.3 is 9.47 Å². The zero-order valence-electron chi connectivity index (χ0n) is 17.4. The summed E-state index contributed by atoms with van der Waals surface area (Å²) >= 11 is 3.46. The van der Waals surface area contributed by atoms with Crippen LogP contribution in [-0.2, 0) is 11.4 Å². The average Bonchev–Trinajstić information content (AvgIpc) is 2.83. The van der Waals surface area contributed by atoms with Gasteiger partial charge >= 0.3 is 0 Å². The van der Waals surface area contributed by atoms with Crippen molar-refractivity contribution in [2.45, 2.75) is 6.61 Å². The first kappa shape index (κ1) is 22.4. The first-order valence-electron chi connectivity index (χ1n) is 10.0. The Morgan fingerprint density at radius 3 is 2.67 bits per heavy atom. The molecule has 0 bridgehead atoms. The molecule has 0 aliphatic carbocycles. The number of hydrazone groups is 1. The summed E-state index contributed by atoms with van der Waals surface area (Å²) in [5.41, 5.74) is 4.76. The third-order valence-corrected chi connectivity index (χ3v) is 5.24. The molecule has 6 nitrogen and oxygen atoms in total. The summed E-state index contributed by atoms with van der Waals surface area (Å²) in [4.78, 5) is 16.4. The van der Waals surface area contributed by atoms with Gasteiger partial charge in [0.05, 0.1) is 10.7 Å². The zero-order chi connectivity index (χ0) is 23.0. The second-order valence-corrected chi connectivity index (χ2v) is 7.87. The molecule has 3 aromatic carbocycles. The number of hydrogen-bond donors (Lipinski definition) is 1. The number of ether oxygens (including phenoxy) is 2. The summed E-state index contributed by atoms with van der Waals surface area (Å²) in [5, 5.41) is 4.91. The molecule has 0 aliphatic heterocycles. The number of carbonyl (C=O) groups excluding carboxylic acids is 1. The Bertz CT molecular complexity index is 1290. The molecular formula is C25H19BrFN3O3. The molecule has 0 aliphatic rings. The van der Waals surface area contributed by atoms with E-state index in [-0.39, 0.29) is 12.4 Å². The molecule has 4 rings (SSSR count). The first-order valence-corrected chi connectivity index (χ1v) is 10.8. The quantitative estimate of drug-likeness (QED) is 0.261. The van der Waals surface area contributed by atoms with Crippen molar-refractivity contribution in [1.82, 2.24) is 10.4 Å². The normalized spacial score (nSPS) is 11.0. The SMILES string of the molecule is O=C(COc1cccc2cccnc12)N/N=C\c1ccc(OCc2ccc(F)cc2)c(Br)c1. The highest BCUT2D eigenvalue weighted by Gasteiger charge is 2.07. The number of pyridine rings is 1. The van der Waals surface area contributed by atoms with Crippen LogP contribution < -0.4 is 14.9 Å². The van der Waals surface area contributed by atoms with Gasteiger partial charge in [0.1, 0.15) is 29.4 Å². The highest BCUT2D eigenvalue weighted by atomic mass is 79.9. The number of carbonyl (C=O) groups is 1. The number of fused-ring (bicyclic) bond motifs is 1. The van der Waals surface area contributed by atoms with Gasteiger partial charge in [0.2, 0.25) is 0 Å². The number of benzene rings is 3. The van der Waals surface area contributed by atoms with Crippen LogP contribution in [0.5, 0.6) is 11.5 Å². The second-order valence-electron chi connectivity index (χ2n) is 7.02. The lowest BCUT2D eigenvalue weighted by Crippen LogP contribution is -2.24. The summed E-state index contributed by atoms with van der Waals surface area (Å²) in [6.45, 7) is 0.126. The molecule has 33 heavy (non-hydrogen) atoms. The molecule has 8 heteroatoms. The van der Waals surface area contributed by atoms with E-state index in [0.29, 0.717) is 23.6 Å². The maximum atomic E-state index is 13.0. The lowest BCUT2D eigenvalue weighted by Gasteiger charge is -2.09. The standard InChI is InChI=1S/C25H19BrFN3O3/c26-21-13-18(8-11-22(21)32-15-17-6-9-20(27)10-7-17)14-29-30-24(31)16-33-23-5-1-3-19-4-2-12-28-25(19)23/h1-14H,15-16H2,(H,30,31)/b29-14-. The van der Waals surface area contributed by atoms with Crippen LogP contribution in [0.15, 0.2) is 88.6 Å². The van der Waals surface area contributed by atoms with Crippen LogP contribution in [0.25, 0.3) is 10.9 Å². The van der Waals surface area contributed by atoms with Crippen LogP contribution in [0.2, 0.25) is 0 Å². The molecule has 0 saturated heterocycles.